The van der Waals surface area contributed by atoms with E-state index in [1.54, 1.807) is 51.1 Å². The molecule has 0 radical (unpaired) electrons. The highest BCUT2D eigenvalue weighted by molar-refractivity contribution is 7.15. The van der Waals surface area contributed by atoms with E-state index in [0.29, 0.717) is 27.4 Å². The average Bonchev–Trinajstić information content (AvgIpc) is 3.55. The lowest BCUT2D eigenvalue weighted by Crippen LogP contribution is -2.32. The van der Waals surface area contributed by atoms with Crippen molar-refractivity contribution in [1.82, 2.24) is 10.3 Å². The van der Waals surface area contributed by atoms with Crippen LogP contribution in [0, 0.1) is 5.82 Å². The fourth-order valence-corrected chi connectivity index (χ4v) is 4.96. The van der Waals surface area contributed by atoms with Gasteiger partial charge in [0.15, 0.2) is 0 Å². The standard InChI is InChI=1S/C27H28FN3O5S/c1-27(2,3)36-26(35)29-14-15-10-18(12-19(28)11-15)25-31-22(23(37-25)16-8-9-16)24(34)30-20-7-5-4-6-17(20)13-21(32)33/h4-7,10-12,16H,8-9,13-14H2,1-3H3,(H,29,35)(H,30,34)(H,32,33). The van der Waals surface area contributed by atoms with Gasteiger partial charge in [0, 0.05) is 22.7 Å². The van der Waals surface area contributed by atoms with Crippen molar-refractivity contribution in [2.75, 3.05) is 5.32 Å². The van der Waals surface area contributed by atoms with Crippen molar-refractivity contribution < 1.29 is 28.6 Å². The molecule has 1 heterocycles. The lowest BCUT2D eigenvalue weighted by atomic mass is 10.1. The summed E-state index contributed by atoms with van der Waals surface area (Å²) in [6.45, 7) is 5.33. The first kappa shape index (κ1) is 26.3. The molecule has 1 aromatic heterocycles. The third-order valence-corrected chi connectivity index (χ3v) is 6.73. The molecule has 10 heteroatoms. The van der Waals surface area contributed by atoms with E-state index in [2.05, 4.69) is 15.6 Å². The number of carbonyl (C=O) groups is 3. The number of alkyl carbamates (subject to hydrolysis) is 1. The largest absolute Gasteiger partial charge is 0.481 e. The number of nitrogens with one attached hydrogen (secondary N) is 2. The fourth-order valence-electron chi connectivity index (χ4n) is 3.75. The molecule has 0 spiro atoms. The number of carbonyl (C=O) groups excluding carboxylic acids is 2. The lowest BCUT2D eigenvalue weighted by molar-refractivity contribution is -0.136. The first-order valence-corrected chi connectivity index (χ1v) is 12.7. The Morgan fingerprint density at radius 1 is 1.16 bits per heavy atom. The molecule has 0 unspecified atom stereocenters. The lowest BCUT2D eigenvalue weighted by Gasteiger charge is -2.19. The van der Waals surface area contributed by atoms with Crippen LogP contribution in [0.25, 0.3) is 10.6 Å². The number of amides is 2. The van der Waals surface area contributed by atoms with Gasteiger partial charge in [0.2, 0.25) is 0 Å². The third-order valence-electron chi connectivity index (χ3n) is 5.46. The maximum absolute atomic E-state index is 14.5. The molecule has 194 valence electrons. The molecule has 37 heavy (non-hydrogen) atoms. The quantitative estimate of drug-likeness (QED) is 0.346. The molecule has 1 saturated carbocycles. The number of hydrogen-bond donors (Lipinski definition) is 3. The number of ether oxygens (including phenoxy) is 1. The molecule has 0 bridgehead atoms. The molecular weight excluding hydrogens is 497 g/mol. The topological polar surface area (TPSA) is 118 Å². The minimum atomic E-state index is -1.00. The predicted octanol–water partition coefficient (Wildman–Crippen LogP) is 5.73. The Morgan fingerprint density at radius 2 is 1.89 bits per heavy atom. The number of hydrogen-bond acceptors (Lipinski definition) is 6. The molecule has 2 aromatic carbocycles. The molecular formula is C27H28FN3O5S. The second-order valence-electron chi connectivity index (χ2n) is 9.89. The normalized spacial score (nSPS) is 13.2. The molecule has 1 aliphatic rings. The van der Waals surface area contributed by atoms with Crippen LogP contribution in [-0.4, -0.2) is 33.7 Å². The summed E-state index contributed by atoms with van der Waals surface area (Å²) >= 11 is 1.34. The number of carboxylic acid groups (broad SMARTS) is 1. The van der Waals surface area contributed by atoms with E-state index in [-0.39, 0.29) is 24.6 Å². The third kappa shape index (κ3) is 7.13. The van der Waals surface area contributed by atoms with Crippen LogP contribution in [0.4, 0.5) is 14.9 Å². The summed E-state index contributed by atoms with van der Waals surface area (Å²) < 4.78 is 19.7. The SMILES string of the molecule is CC(C)(C)OC(=O)NCc1cc(F)cc(-c2nc(C(=O)Nc3ccccc3CC(=O)O)c(C3CC3)s2)c1. The van der Waals surface area contributed by atoms with Crippen LogP contribution in [-0.2, 0) is 22.5 Å². The summed E-state index contributed by atoms with van der Waals surface area (Å²) in [5.41, 5.74) is 1.52. The van der Waals surface area contributed by atoms with E-state index in [1.807, 2.05) is 0 Å². The molecule has 3 N–H and O–H groups in total. The number of thiazole rings is 1. The molecule has 1 aliphatic carbocycles. The van der Waals surface area contributed by atoms with Crippen LogP contribution < -0.4 is 10.6 Å². The number of nitrogens with zero attached hydrogens (tertiary/aromatic N) is 1. The Labute approximate surface area is 217 Å². The molecule has 0 atom stereocenters. The summed E-state index contributed by atoms with van der Waals surface area (Å²) in [4.78, 5) is 41.8. The summed E-state index contributed by atoms with van der Waals surface area (Å²) in [5.74, 6) is -1.72. The van der Waals surface area contributed by atoms with Gasteiger partial charge in [-0.25, -0.2) is 14.2 Å². The van der Waals surface area contributed by atoms with Crippen LogP contribution in [0.5, 0.6) is 0 Å². The van der Waals surface area contributed by atoms with Crippen LogP contribution in [0.3, 0.4) is 0 Å². The number of benzene rings is 2. The van der Waals surface area contributed by atoms with Gasteiger partial charge in [0.25, 0.3) is 5.91 Å². The summed E-state index contributed by atoms with van der Waals surface area (Å²) in [7, 11) is 0. The van der Waals surface area contributed by atoms with Crippen molar-refractivity contribution in [3.05, 3.63) is 70.0 Å². The Balaban J connectivity index is 1.57. The highest BCUT2D eigenvalue weighted by atomic mass is 32.1. The Morgan fingerprint density at radius 3 is 2.57 bits per heavy atom. The van der Waals surface area contributed by atoms with Gasteiger partial charge in [0.05, 0.1) is 6.42 Å². The second-order valence-corrected chi connectivity index (χ2v) is 10.9. The van der Waals surface area contributed by atoms with E-state index in [0.717, 1.165) is 17.7 Å². The van der Waals surface area contributed by atoms with Crippen LogP contribution >= 0.6 is 11.3 Å². The molecule has 4 rings (SSSR count). The number of aliphatic carboxylic acids is 1. The molecule has 0 saturated heterocycles. The number of halogens is 1. The molecule has 3 aromatic rings. The Hall–Kier alpha value is -3.79. The van der Waals surface area contributed by atoms with Crippen molar-refractivity contribution in [2.45, 2.75) is 58.1 Å². The van der Waals surface area contributed by atoms with Gasteiger partial charge < -0.3 is 20.5 Å². The van der Waals surface area contributed by atoms with E-state index in [1.165, 1.54) is 23.5 Å². The van der Waals surface area contributed by atoms with E-state index in [9.17, 15) is 23.9 Å². The van der Waals surface area contributed by atoms with E-state index in [4.69, 9.17) is 4.74 Å². The van der Waals surface area contributed by atoms with Crippen LogP contribution in [0.15, 0.2) is 42.5 Å². The smallest absolute Gasteiger partial charge is 0.407 e. The molecule has 0 aliphatic heterocycles. The molecule has 1 fully saturated rings. The maximum Gasteiger partial charge on any atom is 0.407 e. The van der Waals surface area contributed by atoms with Gasteiger partial charge >= 0.3 is 12.1 Å². The monoisotopic (exact) mass is 525 g/mol. The van der Waals surface area contributed by atoms with Gasteiger partial charge in [-0.3, -0.25) is 9.59 Å². The maximum atomic E-state index is 14.5. The van der Waals surface area contributed by atoms with E-state index < -0.39 is 29.4 Å². The van der Waals surface area contributed by atoms with Gasteiger partial charge in [0.1, 0.15) is 22.1 Å². The molecule has 8 nitrogen and oxygen atoms in total. The number of para-hydroxylation sites is 1. The molecule has 2 amide bonds. The van der Waals surface area contributed by atoms with Crippen molar-refractivity contribution in [3.8, 4) is 10.6 Å². The van der Waals surface area contributed by atoms with Crippen molar-refractivity contribution in [3.63, 3.8) is 0 Å². The zero-order valence-corrected chi connectivity index (χ0v) is 21.6. The highest BCUT2D eigenvalue weighted by Crippen LogP contribution is 2.46. The van der Waals surface area contributed by atoms with Crippen LogP contribution in [0.1, 0.15) is 66.0 Å². The number of aromatic nitrogens is 1. The Kier molecular flexibility index (Phi) is 7.58. The van der Waals surface area contributed by atoms with Gasteiger partial charge in [-0.1, -0.05) is 18.2 Å². The van der Waals surface area contributed by atoms with E-state index >= 15 is 0 Å². The zero-order valence-electron chi connectivity index (χ0n) is 20.8. The van der Waals surface area contributed by atoms with Gasteiger partial charge in [-0.05, 0) is 74.9 Å². The van der Waals surface area contributed by atoms with Crippen molar-refractivity contribution in [2.24, 2.45) is 0 Å². The average molecular weight is 526 g/mol. The fraction of sp³-hybridized carbons (Fsp3) is 0.333. The van der Waals surface area contributed by atoms with Gasteiger partial charge in [-0.15, -0.1) is 11.3 Å². The Bertz CT molecular complexity index is 1340. The second kappa shape index (κ2) is 10.7. The number of carboxylic acids is 1. The summed E-state index contributed by atoms with van der Waals surface area (Å²) in [5, 5.41) is 15.1. The summed E-state index contributed by atoms with van der Waals surface area (Å²) in [6.07, 6.45) is 1.04. The minimum Gasteiger partial charge on any atom is -0.481 e. The minimum absolute atomic E-state index is 0.0637. The predicted molar refractivity (Wildman–Crippen MR) is 138 cm³/mol. The van der Waals surface area contributed by atoms with Crippen molar-refractivity contribution >= 4 is 35.0 Å². The number of anilines is 1. The van der Waals surface area contributed by atoms with Crippen molar-refractivity contribution in [1.29, 1.82) is 0 Å². The zero-order chi connectivity index (χ0) is 26.7. The number of rotatable bonds is 8. The first-order chi connectivity index (χ1) is 17.5. The first-order valence-electron chi connectivity index (χ1n) is 11.9. The summed E-state index contributed by atoms with van der Waals surface area (Å²) in [6, 6.07) is 11.1. The highest BCUT2D eigenvalue weighted by Gasteiger charge is 2.32. The van der Waals surface area contributed by atoms with Crippen LogP contribution in [0.2, 0.25) is 0 Å². The van der Waals surface area contributed by atoms with Gasteiger partial charge in [-0.2, -0.15) is 0 Å².